The van der Waals surface area contributed by atoms with Crippen LogP contribution in [-0.4, -0.2) is 49.5 Å². The molecule has 2 aliphatic rings. The second-order valence-electron chi connectivity index (χ2n) is 6.40. The molecule has 0 spiro atoms. The van der Waals surface area contributed by atoms with Crippen LogP contribution in [0.2, 0.25) is 0 Å². The van der Waals surface area contributed by atoms with Gasteiger partial charge in [-0.2, -0.15) is 0 Å². The third kappa shape index (κ3) is 5.80. The summed E-state index contributed by atoms with van der Waals surface area (Å²) in [5.74, 6) is 1.86. The van der Waals surface area contributed by atoms with E-state index in [1.165, 1.54) is 64.5 Å². The first kappa shape index (κ1) is 15.3. The van der Waals surface area contributed by atoms with Gasteiger partial charge in [0.1, 0.15) is 0 Å². The van der Waals surface area contributed by atoms with Crippen molar-refractivity contribution >= 4 is 0 Å². The molecule has 0 bridgehead atoms. The van der Waals surface area contributed by atoms with E-state index in [4.69, 9.17) is 9.84 Å². The van der Waals surface area contributed by atoms with Crippen LogP contribution >= 0.6 is 0 Å². The van der Waals surface area contributed by atoms with Crippen molar-refractivity contribution in [3.8, 4) is 0 Å². The van der Waals surface area contributed by atoms with E-state index in [0.717, 1.165) is 25.0 Å². The minimum atomic E-state index is 0.144. The first-order chi connectivity index (χ1) is 9.38. The molecular weight excluding hydrogens is 238 g/mol. The van der Waals surface area contributed by atoms with Crippen molar-refractivity contribution in [2.75, 3.05) is 39.5 Å². The summed E-state index contributed by atoms with van der Waals surface area (Å²) in [5.41, 5.74) is 0. The number of hydrogen-bond acceptors (Lipinski definition) is 3. The van der Waals surface area contributed by atoms with Crippen LogP contribution in [0.1, 0.15) is 51.4 Å². The molecule has 0 aromatic carbocycles. The monoisotopic (exact) mass is 269 g/mol. The fourth-order valence-corrected chi connectivity index (χ4v) is 3.73. The Kier molecular flexibility index (Phi) is 7.18. The topological polar surface area (TPSA) is 32.7 Å². The maximum atomic E-state index is 8.75. The Balaban J connectivity index is 1.70. The van der Waals surface area contributed by atoms with Crippen molar-refractivity contribution in [3.63, 3.8) is 0 Å². The van der Waals surface area contributed by atoms with Gasteiger partial charge in [0, 0.05) is 19.6 Å². The lowest BCUT2D eigenvalue weighted by Crippen LogP contribution is -2.35. The Bertz CT molecular complexity index is 205. The zero-order chi connectivity index (χ0) is 13.3. The Labute approximate surface area is 118 Å². The van der Waals surface area contributed by atoms with Gasteiger partial charge in [0.15, 0.2) is 0 Å². The van der Waals surface area contributed by atoms with Crippen LogP contribution in [0.15, 0.2) is 0 Å². The van der Waals surface area contributed by atoms with E-state index in [2.05, 4.69) is 4.90 Å². The highest BCUT2D eigenvalue weighted by atomic mass is 16.5. The van der Waals surface area contributed by atoms with Crippen LogP contribution in [0.5, 0.6) is 0 Å². The molecule has 3 nitrogen and oxygen atoms in total. The normalized spacial score (nSPS) is 21.8. The van der Waals surface area contributed by atoms with Gasteiger partial charge in [0.05, 0.1) is 19.8 Å². The van der Waals surface area contributed by atoms with Gasteiger partial charge in [-0.1, -0.05) is 25.7 Å². The molecule has 19 heavy (non-hydrogen) atoms. The second-order valence-corrected chi connectivity index (χ2v) is 6.40. The van der Waals surface area contributed by atoms with E-state index in [0.29, 0.717) is 6.61 Å². The maximum Gasteiger partial charge on any atom is 0.0698 e. The average molecular weight is 269 g/mol. The van der Waals surface area contributed by atoms with Gasteiger partial charge in [-0.15, -0.1) is 0 Å². The van der Waals surface area contributed by atoms with Crippen molar-refractivity contribution in [2.45, 2.75) is 51.4 Å². The smallest absolute Gasteiger partial charge is 0.0698 e. The number of aliphatic hydroxyl groups excluding tert-OH is 1. The molecule has 0 amide bonds. The molecule has 0 unspecified atom stereocenters. The van der Waals surface area contributed by atoms with E-state index in [-0.39, 0.29) is 6.61 Å². The summed E-state index contributed by atoms with van der Waals surface area (Å²) >= 11 is 0. The van der Waals surface area contributed by atoms with Crippen molar-refractivity contribution in [1.29, 1.82) is 0 Å². The lowest BCUT2D eigenvalue weighted by Gasteiger charge is -2.28. The fraction of sp³-hybridized carbons (Fsp3) is 1.00. The minimum Gasteiger partial charge on any atom is -0.394 e. The first-order valence-corrected chi connectivity index (χ1v) is 8.29. The van der Waals surface area contributed by atoms with Crippen molar-refractivity contribution < 1.29 is 9.84 Å². The molecule has 0 heterocycles. The van der Waals surface area contributed by atoms with E-state index >= 15 is 0 Å². The largest absolute Gasteiger partial charge is 0.394 e. The average Bonchev–Trinajstić information content (AvgIpc) is 3.08. The fourth-order valence-electron chi connectivity index (χ4n) is 3.73. The van der Waals surface area contributed by atoms with Crippen LogP contribution in [0.3, 0.4) is 0 Å². The molecular formula is C16H31NO2. The molecule has 112 valence electrons. The highest BCUT2D eigenvalue weighted by Gasteiger charge is 2.22. The SMILES string of the molecule is OCCOCCN(CC1CCCC1)CC1CCCC1. The van der Waals surface area contributed by atoms with E-state index in [1.807, 2.05) is 0 Å². The highest BCUT2D eigenvalue weighted by Crippen LogP contribution is 2.28. The van der Waals surface area contributed by atoms with Crippen LogP contribution in [0.25, 0.3) is 0 Å². The molecule has 2 fully saturated rings. The van der Waals surface area contributed by atoms with Crippen LogP contribution in [0, 0.1) is 11.8 Å². The zero-order valence-corrected chi connectivity index (χ0v) is 12.4. The van der Waals surface area contributed by atoms with Crippen LogP contribution in [-0.2, 0) is 4.74 Å². The maximum absolute atomic E-state index is 8.75. The summed E-state index contributed by atoms with van der Waals surface area (Å²) in [6.07, 6.45) is 11.5. The van der Waals surface area contributed by atoms with Crippen molar-refractivity contribution in [1.82, 2.24) is 4.90 Å². The molecule has 2 saturated carbocycles. The Morgan fingerprint density at radius 3 is 1.84 bits per heavy atom. The molecule has 0 aromatic heterocycles. The minimum absolute atomic E-state index is 0.144. The quantitative estimate of drug-likeness (QED) is 0.653. The first-order valence-electron chi connectivity index (χ1n) is 8.29. The lowest BCUT2D eigenvalue weighted by atomic mass is 10.0. The molecule has 2 aliphatic carbocycles. The number of aliphatic hydroxyl groups is 1. The van der Waals surface area contributed by atoms with Crippen molar-refractivity contribution in [3.05, 3.63) is 0 Å². The number of rotatable bonds is 9. The van der Waals surface area contributed by atoms with Crippen molar-refractivity contribution in [2.24, 2.45) is 11.8 Å². The van der Waals surface area contributed by atoms with Gasteiger partial charge in [-0.3, -0.25) is 0 Å². The summed E-state index contributed by atoms with van der Waals surface area (Å²) in [5, 5.41) is 8.75. The predicted octanol–water partition coefficient (Wildman–Crippen LogP) is 2.68. The van der Waals surface area contributed by atoms with Gasteiger partial charge < -0.3 is 14.7 Å². The molecule has 0 aromatic rings. The standard InChI is InChI=1S/C16H31NO2/c18-10-12-19-11-9-17(13-15-5-1-2-6-15)14-16-7-3-4-8-16/h15-16,18H,1-14H2. The summed E-state index contributed by atoms with van der Waals surface area (Å²) < 4.78 is 5.45. The molecule has 0 aliphatic heterocycles. The van der Waals surface area contributed by atoms with Gasteiger partial charge in [0.25, 0.3) is 0 Å². The van der Waals surface area contributed by atoms with Gasteiger partial charge in [-0.25, -0.2) is 0 Å². The van der Waals surface area contributed by atoms with Gasteiger partial charge >= 0.3 is 0 Å². The molecule has 3 heteroatoms. The Hall–Kier alpha value is -0.120. The van der Waals surface area contributed by atoms with Gasteiger partial charge in [0.2, 0.25) is 0 Å². The number of nitrogens with zero attached hydrogens (tertiary/aromatic N) is 1. The summed E-state index contributed by atoms with van der Waals surface area (Å²) in [7, 11) is 0. The van der Waals surface area contributed by atoms with Gasteiger partial charge in [-0.05, 0) is 37.5 Å². The van der Waals surface area contributed by atoms with Crippen LogP contribution in [0.4, 0.5) is 0 Å². The Morgan fingerprint density at radius 2 is 1.37 bits per heavy atom. The Morgan fingerprint density at radius 1 is 0.842 bits per heavy atom. The van der Waals surface area contributed by atoms with E-state index in [9.17, 15) is 0 Å². The second kappa shape index (κ2) is 8.93. The molecule has 0 saturated heterocycles. The van der Waals surface area contributed by atoms with Crippen LogP contribution < -0.4 is 0 Å². The predicted molar refractivity (Wildman–Crippen MR) is 78.3 cm³/mol. The molecule has 0 radical (unpaired) electrons. The number of hydrogen-bond donors (Lipinski definition) is 1. The lowest BCUT2D eigenvalue weighted by molar-refractivity contribution is 0.0662. The third-order valence-electron chi connectivity index (χ3n) is 4.77. The summed E-state index contributed by atoms with van der Waals surface area (Å²) in [4.78, 5) is 2.64. The molecule has 0 atom stereocenters. The summed E-state index contributed by atoms with van der Waals surface area (Å²) in [6.45, 7) is 5.01. The molecule has 1 N–H and O–H groups in total. The number of ether oxygens (including phenoxy) is 1. The summed E-state index contributed by atoms with van der Waals surface area (Å²) in [6, 6.07) is 0. The highest BCUT2D eigenvalue weighted by molar-refractivity contribution is 4.76. The third-order valence-corrected chi connectivity index (χ3v) is 4.77. The molecule has 2 rings (SSSR count). The zero-order valence-electron chi connectivity index (χ0n) is 12.4. The van der Waals surface area contributed by atoms with E-state index in [1.54, 1.807) is 0 Å². The van der Waals surface area contributed by atoms with E-state index < -0.39 is 0 Å².